The fourth-order valence-electron chi connectivity index (χ4n) is 2.10. The van der Waals surface area contributed by atoms with E-state index in [2.05, 4.69) is 47.2 Å². The van der Waals surface area contributed by atoms with Gasteiger partial charge in [0, 0.05) is 12.6 Å². The second-order valence-corrected chi connectivity index (χ2v) is 5.00. The van der Waals surface area contributed by atoms with E-state index in [0.717, 1.165) is 5.56 Å². The minimum absolute atomic E-state index is 0.0267. The van der Waals surface area contributed by atoms with Crippen molar-refractivity contribution in [3.63, 3.8) is 0 Å². The number of nitrogens with zero attached hydrogens (tertiary/aromatic N) is 3. The number of hydrogen-bond donors (Lipinski definition) is 1. The molecular formula is C16H15N3O2. The molecule has 0 spiro atoms. The smallest absolute Gasteiger partial charge is 0.261 e. The van der Waals surface area contributed by atoms with Gasteiger partial charge in [0.25, 0.3) is 5.89 Å². The van der Waals surface area contributed by atoms with Crippen molar-refractivity contribution in [3.8, 4) is 17.2 Å². The molecule has 0 amide bonds. The van der Waals surface area contributed by atoms with Crippen LogP contribution < -0.4 is 0 Å². The van der Waals surface area contributed by atoms with Gasteiger partial charge in [0.15, 0.2) is 5.82 Å². The Bertz CT molecular complexity index is 781. The van der Waals surface area contributed by atoms with Gasteiger partial charge in [0.05, 0.1) is 11.8 Å². The van der Waals surface area contributed by atoms with Crippen molar-refractivity contribution >= 4 is 0 Å². The summed E-state index contributed by atoms with van der Waals surface area (Å²) in [6.45, 7) is 4.16. The molecule has 3 rings (SSSR count). The molecule has 0 bridgehead atoms. The van der Waals surface area contributed by atoms with Gasteiger partial charge in [-0.05, 0) is 36.6 Å². The molecule has 0 saturated carbocycles. The van der Waals surface area contributed by atoms with Crippen LogP contribution in [0.4, 0.5) is 0 Å². The van der Waals surface area contributed by atoms with Crippen LogP contribution in [0.2, 0.25) is 0 Å². The Morgan fingerprint density at radius 2 is 2.00 bits per heavy atom. The summed E-state index contributed by atoms with van der Waals surface area (Å²) in [5.74, 6) is 0.914. The summed E-state index contributed by atoms with van der Waals surface area (Å²) >= 11 is 0. The lowest BCUT2D eigenvalue weighted by Gasteiger charge is -2.02. The first kappa shape index (κ1) is 13.3. The largest absolute Gasteiger partial charge is 0.505 e. The Balaban J connectivity index is 1.85. The third kappa shape index (κ3) is 2.76. The van der Waals surface area contributed by atoms with Gasteiger partial charge in [-0.25, -0.2) is 0 Å². The van der Waals surface area contributed by atoms with Gasteiger partial charge in [-0.3, -0.25) is 4.98 Å². The van der Waals surface area contributed by atoms with Crippen LogP contribution in [-0.4, -0.2) is 20.2 Å². The molecule has 5 nitrogen and oxygen atoms in total. The van der Waals surface area contributed by atoms with Crippen molar-refractivity contribution < 1.29 is 9.63 Å². The van der Waals surface area contributed by atoms with Crippen molar-refractivity contribution in [2.24, 2.45) is 0 Å². The Morgan fingerprint density at radius 3 is 2.76 bits per heavy atom. The standard InChI is InChI=1S/C16H15N3O2/c1-10-3-4-12(7-11(10)2)8-15-18-16(21-19-15)13-5-6-17-9-14(13)20/h3-7,9,20H,8H2,1-2H3. The molecule has 0 aliphatic carbocycles. The van der Waals surface area contributed by atoms with Crippen LogP contribution in [-0.2, 0) is 6.42 Å². The number of aromatic hydroxyl groups is 1. The molecule has 1 N–H and O–H groups in total. The summed E-state index contributed by atoms with van der Waals surface area (Å²) < 4.78 is 5.21. The third-order valence-corrected chi connectivity index (χ3v) is 3.43. The van der Waals surface area contributed by atoms with Crippen molar-refractivity contribution in [2.45, 2.75) is 20.3 Å². The SMILES string of the molecule is Cc1ccc(Cc2noc(-c3ccncc3O)n2)cc1C. The number of hydrogen-bond acceptors (Lipinski definition) is 5. The van der Waals surface area contributed by atoms with E-state index in [0.29, 0.717) is 23.7 Å². The zero-order chi connectivity index (χ0) is 14.8. The number of aryl methyl sites for hydroxylation is 2. The minimum atomic E-state index is 0.0267. The fourth-order valence-corrected chi connectivity index (χ4v) is 2.10. The Hall–Kier alpha value is -2.69. The van der Waals surface area contributed by atoms with Gasteiger partial charge in [0.2, 0.25) is 0 Å². The quantitative estimate of drug-likeness (QED) is 0.798. The van der Waals surface area contributed by atoms with Crippen LogP contribution in [0, 0.1) is 13.8 Å². The van der Waals surface area contributed by atoms with Crippen LogP contribution >= 0.6 is 0 Å². The molecule has 0 aliphatic rings. The molecule has 2 heterocycles. The number of aromatic nitrogens is 3. The van der Waals surface area contributed by atoms with E-state index < -0.39 is 0 Å². The molecule has 5 heteroatoms. The van der Waals surface area contributed by atoms with Crippen LogP contribution in [0.1, 0.15) is 22.5 Å². The molecule has 106 valence electrons. The molecule has 2 aromatic heterocycles. The average Bonchev–Trinajstić information content (AvgIpc) is 2.92. The van der Waals surface area contributed by atoms with Gasteiger partial charge < -0.3 is 9.63 Å². The lowest BCUT2D eigenvalue weighted by atomic mass is 10.0. The third-order valence-electron chi connectivity index (χ3n) is 3.43. The number of pyridine rings is 1. The molecule has 21 heavy (non-hydrogen) atoms. The molecular weight excluding hydrogens is 266 g/mol. The maximum atomic E-state index is 9.74. The highest BCUT2D eigenvalue weighted by molar-refractivity contribution is 5.60. The second-order valence-electron chi connectivity index (χ2n) is 5.00. The van der Waals surface area contributed by atoms with E-state index in [1.807, 2.05) is 0 Å². The first-order valence-electron chi connectivity index (χ1n) is 6.65. The van der Waals surface area contributed by atoms with Crippen LogP contribution in [0.5, 0.6) is 5.75 Å². The maximum absolute atomic E-state index is 9.74. The van der Waals surface area contributed by atoms with Crippen LogP contribution in [0.15, 0.2) is 41.2 Å². The van der Waals surface area contributed by atoms with Gasteiger partial charge in [-0.15, -0.1) is 0 Å². The van der Waals surface area contributed by atoms with Crippen LogP contribution in [0.3, 0.4) is 0 Å². The van der Waals surface area contributed by atoms with E-state index in [1.165, 1.54) is 17.3 Å². The number of benzene rings is 1. The highest BCUT2D eigenvalue weighted by Crippen LogP contribution is 2.26. The van der Waals surface area contributed by atoms with Gasteiger partial charge in [0.1, 0.15) is 5.75 Å². The first-order valence-corrected chi connectivity index (χ1v) is 6.65. The topological polar surface area (TPSA) is 72.0 Å². The summed E-state index contributed by atoms with van der Waals surface area (Å²) in [5.41, 5.74) is 4.12. The van der Waals surface area contributed by atoms with Gasteiger partial charge in [-0.1, -0.05) is 23.4 Å². The second kappa shape index (κ2) is 5.36. The monoisotopic (exact) mass is 281 g/mol. The Kier molecular flexibility index (Phi) is 3.39. The van der Waals surface area contributed by atoms with Crippen molar-refractivity contribution in [3.05, 3.63) is 59.2 Å². The fraction of sp³-hybridized carbons (Fsp3) is 0.188. The minimum Gasteiger partial charge on any atom is -0.505 e. The molecule has 0 radical (unpaired) electrons. The maximum Gasteiger partial charge on any atom is 0.261 e. The lowest BCUT2D eigenvalue weighted by molar-refractivity contribution is 0.418. The molecule has 1 aromatic carbocycles. The van der Waals surface area contributed by atoms with Gasteiger partial charge in [-0.2, -0.15) is 4.98 Å². The highest BCUT2D eigenvalue weighted by atomic mass is 16.5. The Morgan fingerprint density at radius 1 is 1.14 bits per heavy atom. The summed E-state index contributed by atoms with van der Waals surface area (Å²) in [6.07, 6.45) is 3.52. The molecule has 0 atom stereocenters. The van der Waals surface area contributed by atoms with Crippen LogP contribution in [0.25, 0.3) is 11.5 Å². The lowest BCUT2D eigenvalue weighted by Crippen LogP contribution is -1.92. The van der Waals surface area contributed by atoms with Crippen molar-refractivity contribution in [2.75, 3.05) is 0 Å². The van der Waals surface area contributed by atoms with E-state index >= 15 is 0 Å². The normalized spacial score (nSPS) is 10.8. The van der Waals surface area contributed by atoms with E-state index in [1.54, 1.807) is 12.3 Å². The zero-order valence-corrected chi connectivity index (χ0v) is 11.9. The summed E-state index contributed by atoms with van der Waals surface area (Å²) in [5, 5.41) is 13.7. The Labute approximate surface area is 122 Å². The van der Waals surface area contributed by atoms with Gasteiger partial charge >= 0.3 is 0 Å². The van der Waals surface area contributed by atoms with E-state index in [9.17, 15) is 5.11 Å². The molecule has 0 aliphatic heterocycles. The van der Waals surface area contributed by atoms with E-state index in [-0.39, 0.29) is 5.75 Å². The average molecular weight is 281 g/mol. The highest BCUT2D eigenvalue weighted by Gasteiger charge is 2.13. The molecule has 3 aromatic rings. The first-order chi connectivity index (χ1) is 10.1. The number of rotatable bonds is 3. The predicted octanol–water partition coefficient (Wildman–Crippen LogP) is 3.04. The van der Waals surface area contributed by atoms with E-state index in [4.69, 9.17) is 4.52 Å². The molecule has 0 fully saturated rings. The summed E-state index contributed by atoms with van der Waals surface area (Å²) in [7, 11) is 0. The zero-order valence-electron chi connectivity index (χ0n) is 11.9. The van der Waals surface area contributed by atoms with Crippen molar-refractivity contribution in [1.29, 1.82) is 0 Å². The van der Waals surface area contributed by atoms with Crippen molar-refractivity contribution in [1.82, 2.24) is 15.1 Å². The predicted molar refractivity (Wildman–Crippen MR) is 77.9 cm³/mol. The molecule has 0 saturated heterocycles. The summed E-state index contributed by atoms with van der Waals surface area (Å²) in [4.78, 5) is 8.15. The molecule has 0 unspecified atom stereocenters. The summed E-state index contributed by atoms with van der Waals surface area (Å²) in [6, 6.07) is 7.90.